The second kappa shape index (κ2) is 3.95. The fraction of sp³-hybridized carbons (Fsp3) is 0. The van der Waals surface area contributed by atoms with Crippen molar-refractivity contribution in [3.8, 4) is 0 Å². The van der Waals surface area contributed by atoms with E-state index < -0.39 is 15.4 Å². The van der Waals surface area contributed by atoms with Crippen molar-refractivity contribution in [2.75, 3.05) is 5.32 Å². The van der Waals surface area contributed by atoms with Crippen LogP contribution in [0.15, 0.2) is 29.2 Å². The molecule has 0 spiro atoms. The first-order chi connectivity index (χ1) is 6.39. The molecule has 0 unspecified atom stereocenters. The summed E-state index contributed by atoms with van der Waals surface area (Å²) in [5, 5.41) is 6.40. The van der Waals surface area contributed by atoms with Gasteiger partial charge in [-0.05, 0) is 35.9 Å². The summed E-state index contributed by atoms with van der Waals surface area (Å²) in [6.07, 6.45) is 0. The van der Waals surface area contributed by atoms with Crippen LogP contribution in [0.5, 0.6) is 0 Å². The molecular formula is C7H7ClN2O3S. The lowest BCUT2D eigenvalue weighted by atomic mass is 10.3. The SMILES string of the molecule is NS(=O)(=O)c1ccc(NC(=O)Cl)cc1. The standard InChI is InChI=1S/C7H7ClN2O3S/c8-7(11)10-5-1-3-6(4-2-5)14(9,12)13/h1-4H,(H,10,11)(H2,9,12,13). The van der Waals surface area contributed by atoms with E-state index in [9.17, 15) is 13.2 Å². The molecule has 0 atom stereocenters. The lowest BCUT2D eigenvalue weighted by Crippen LogP contribution is -2.12. The van der Waals surface area contributed by atoms with Gasteiger partial charge < -0.3 is 5.32 Å². The third kappa shape index (κ3) is 2.99. The lowest BCUT2D eigenvalue weighted by Gasteiger charge is -2.01. The van der Waals surface area contributed by atoms with Crippen LogP contribution in [-0.2, 0) is 10.0 Å². The quantitative estimate of drug-likeness (QED) is 0.593. The summed E-state index contributed by atoms with van der Waals surface area (Å²) in [7, 11) is -3.69. The molecule has 0 saturated carbocycles. The van der Waals surface area contributed by atoms with Crippen LogP contribution in [0.3, 0.4) is 0 Å². The molecular weight excluding hydrogens is 228 g/mol. The van der Waals surface area contributed by atoms with Gasteiger partial charge in [0, 0.05) is 5.69 Å². The minimum absolute atomic E-state index is 0.0231. The van der Waals surface area contributed by atoms with Gasteiger partial charge >= 0.3 is 5.37 Å². The van der Waals surface area contributed by atoms with Gasteiger partial charge in [0.15, 0.2) is 0 Å². The molecule has 1 aromatic carbocycles. The Morgan fingerprint density at radius 2 is 1.79 bits per heavy atom. The van der Waals surface area contributed by atoms with E-state index in [4.69, 9.17) is 16.7 Å². The monoisotopic (exact) mass is 234 g/mol. The summed E-state index contributed by atoms with van der Waals surface area (Å²) >= 11 is 5.05. The largest absolute Gasteiger partial charge is 0.318 e. The number of benzene rings is 1. The van der Waals surface area contributed by atoms with Gasteiger partial charge in [-0.15, -0.1) is 0 Å². The molecule has 0 bridgehead atoms. The molecule has 3 N–H and O–H groups in total. The summed E-state index contributed by atoms with van der Waals surface area (Å²) in [6.45, 7) is 0. The fourth-order valence-corrected chi connectivity index (χ4v) is 1.47. The van der Waals surface area contributed by atoms with Crippen LogP contribution in [0, 0.1) is 0 Å². The van der Waals surface area contributed by atoms with Gasteiger partial charge in [-0.1, -0.05) is 0 Å². The molecule has 0 aliphatic rings. The van der Waals surface area contributed by atoms with E-state index in [0.29, 0.717) is 5.69 Å². The summed E-state index contributed by atoms with van der Waals surface area (Å²) in [5.74, 6) is 0. The summed E-state index contributed by atoms with van der Waals surface area (Å²) in [6, 6.07) is 5.33. The Morgan fingerprint density at radius 1 is 1.29 bits per heavy atom. The normalized spacial score (nSPS) is 11.0. The van der Waals surface area contributed by atoms with Crippen molar-refractivity contribution < 1.29 is 13.2 Å². The first kappa shape index (κ1) is 11.0. The van der Waals surface area contributed by atoms with Gasteiger partial charge in [0.05, 0.1) is 4.90 Å². The summed E-state index contributed by atoms with van der Waals surface area (Å²) < 4.78 is 21.7. The number of anilines is 1. The number of hydrogen-bond acceptors (Lipinski definition) is 3. The molecule has 1 amide bonds. The molecule has 0 aromatic heterocycles. The fourth-order valence-electron chi connectivity index (χ4n) is 0.841. The number of hydrogen-bond donors (Lipinski definition) is 2. The average Bonchev–Trinajstić information content (AvgIpc) is 2.02. The number of nitrogens with one attached hydrogen (secondary N) is 1. The third-order valence-corrected chi connectivity index (χ3v) is 2.45. The maximum absolute atomic E-state index is 10.8. The predicted molar refractivity (Wildman–Crippen MR) is 52.7 cm³/mol. The van der Waals surface area contributed by atoms with E-state index >= 15 is 0 Å². The molecule has 1 aromatic rings. The maximum Gasteiger partial charge on any atom is 0.318 e. The number of rotatable bonds is 2. The zero-order chi connectivity index (χ0) is 10.8. The molecule has 0 fully saturated rings. The van der Waals surface area contributed by atoms with Crippen LogP contribution in [0.25, 0.3) is 0 Å². The Labute approximate surface area is 85.9 Å². The molecule has 0 saturated heterocycles. The highest BCUT2D eigenvalue weighted by Gasteiger charge is 2.06. The minimum atomic E-state index is -3.69. The van der Waals surface area contributed by atoms with Crippen molar-refractivity contribution in [3.63, 3.8) is 0 Å². The zero-order valence-electron chi connectivity index (χ0n) is 6.90. The second-order valence-corrected chi connectivity index (χ2v) is 4.37. The van der Waals surface area contributed by atoms with Gasteiger partial charge in [0.1, 0.15) is 0 Å². The van der Waals surface area contributed by atoms with Gasteiger partial charge in [-0.25, -0.2) is 13.6 Å². The number of sulfonamides is 1. The van der Waals surface area contributed by atoms with Crippen molar-refractivity contribution in [1.82, 2.24) is 0 Å². The number of nitrogens with two attached hydrogens (primary N) is 1. The molecule has 0 aliphatic heterocycles. The number of carbonyl (C=O) groups is 1. The first-order valence-corrected chi connectivity index (χ1v) is 5.41. The van der Waals surface area contributed by atoms with Crippen LogP contribution in [-0.4, -0.2) is 13.8 Å². The lowest BCUT2D eigenvalue weighted by molar-refractivity contribution is 0.269. The summed E-state index contributed by atoms with van der Waals surface area (Å²) in [4.78, 5) is 10.4. The number of amides is 1. The average molecular weight is 235 g/mol. The molecule has 14 heavy (non-hydrogen) atoms. The predicted octanol–water partition coefficient (Wildman–Crippen LogP) is 1.10. The molecule has 0 aliphatic carbocycles. The Bertz CT molecular complexity index is 441. The molecule has 5 nitrogen and oxygen atoms in total. The second-order valence-electron chi connectivity index (χ2n) is 2.47. The van der Waals surface area contributed by atoms with Gasteiger partial charge in [-0.3, -0.25) is 4.79 Å². The van der Waals surface area contributed by atoms with Crippen LogP contribution < -0.4 is 10.5 Å². The van der Waals surface area contributed by atoms with Gasteiger partial charge in [0.25, 0.3) is 0 Å². The topological polar surface area (TPSA) is 89.3 Å². The van der Waals surface area contributed by atoms with E-state index in [0.717, 1.165) is 0 Å². The highest BCUT2D eigenvalue weighted by molar-refractivity contribution is 7.89. The van der Waals surface area contributed by atoms with Gasteiger partial charge in [0.2, 0.25) is 10.0 Å². The van der Waals surface area contributed by atoms with Crippen LogP contribution in [0.4, 0.5) is 10.5 Å². The number of carbonyl (C=O) groups excluding carboxylic acids is 1. The minimum Gasteiger partial charge on any atom is -0.312 e. The van der Waals surface area contributed by atoms with Crippen molar-refractivity contribution in [2.45, 2.75) is 4.90 Å². The zero-order valence-corrected chi connectivity index (χ0v) is 8.47. The van der Waals surface area contributed by atoms with Crippen molar-refractivity contribution in [3.05, 3.63) is 24.3 Å². The van der Waals surface area contributed by atoms with Crippen LogP contribution >= 0.6 is 11.6 Å². The Hall–Kier alpha value is -1.11. The molecule has 1 rings (SSSR count). The van der Waals surface area contributed by atoms with Crippen molar-refractivity contribution in [2.24, 2.45) is 5.14 Å². The van der Waals surface area contributed by atoms with E-state index in [-0.39, 0.29) is 4.90 Å². The summed E-state index contributed by atoms with van der Waals surface area (Å²) in [5.41, 5.74) is 0.400. The van der Waals surface area contributed by atoms with Crippen molar-refractivity contribution in [1.29, 1.82) is 0 Å². The van der Waals surface area contributed by atoms with E-state index in [1.165, 1.54) is 24.3 Å². The highest BCUT2D eigenvalue weighted by Crippen LogP contribution is 2.12. The Kier molecular flexibility index (Phi) is 3.10. The first-order valence-electron chi connectivity index (χ1n) is 3.49. The Balaban J connectivity index is 2.95. The molecule has 76 valence electrons. The van der Waals surface area contributed by atoms with Crippen molar-refractivity contribution >= 4 is 32.7 Å². The Morgan fingerprint density at radius 3 is 2.14 bits per heavy atom. The number of halogens is 1. The highest BCUT2D eigenvalue weighted by atomic mass is 35.5. The number of primary sulfonamides is 1. The maximum atomic E-state index is 10.8. The van der Waals surface area contributed by atoms with E-state index in [1.807, 2.05) is 0 Å². The smallest absolute Gasteiger partial charge is 0.312 e. The van der Waals surface area contributed by atoms with Gasteiger partial charge in [-0.2, -0.15) is 0 Å². The van der Waals surface area contributed by atoms with E-state index in [1.54, 1.807) is 0 Å². The molecule has 0 radical (unpaired) electrons. The molecule has 7 heteroatoms. The third-order valence-electron chi connectivity index (χ3n) is 1.43. The van der Waals surface area contributed by atoms with Crippen LogP contribution in [0.2, 0.25) is 0 Å². The molecule has 0 heterocycles. The van der Waals surface area contributed by atoms with Crippen LogP contribution in [0.1, 0.15) is 0 Å². The van der Waals surface area contributed by atoms with E-state index in [2.05, 4.69) is 5.32 Å².